The first-order valence-corrected chi connectivity index (χ1v) is 13.4. The molecule has 0 aromatic heterocycles. The van der Waals surface area contributed by atoms with Crippen LogP contribution in [0.3, 0.4) is 0 Å². The van der Waals surface area contributed by atoms with Crippen LogP contribution in [0.1, 0.15) is 104 Å². The molecule has 1 unspecified atom stereocenters. The third kappa shape index (κ3) is 15.9. The minimum absolute atomic E-state index is 0.228. The van der Waals surface area contributed by atoms with Gasteiger partial charge in [0.25, 0.3) is 0 Å². The summed E-state index contributed by atoms with van der Waals surface area (Å²) in [5, 5.41) is 10.8. The molecule has 3 fully saturated rings. The van der Waals surface area contributed by atoms with E-state index in [1.165, 1.54) is 57.8 Å². The summed E-state index contributed by atoms with van der Waals surface area (Å²) in [4.78, 5) is 58.6. The zero-order valence-electron chi connectivity index (χ0n) is 23.1. The molecule has 0 saturated heterocycles. The highest BCUT2D eigenvalue weighted by atomic mass is 16.1. The standard InChI is InChI=1S/C15H22N2O2.C11H19NO.2CHNO/c18-10-16-14-5-1-12(2-6-14)9-13-3-7-15(8-4-13)17-11-19;1-10(2)5-4-6-11(3,7-10)8-12-9-13;2*2-1-3/h12-15H,1-9H2;4-8H2,1-3H3;2*2H. The molecule has 0 spiro atoms. The van der Waals surface area contributed by atoms with Crippen molar-refractivity contribution < 1.29 is 24.0 Å². The average molecular weight is 530 g/mol. The smallest absolute Gasteiger partial charge is 0.222 e. The maximum atomic E-state index is 10.2. The molecule has 0 heterocycles. The van der Waals surface area contributed by atoms with E-state index in [0.717, 1.165) is 49.7 Å². The van der Waals surface area contributed by atoms with Gasteiger partial charge in [0.15, 0.2) is 0 Å². The van der Waals surface area contributed by atoms with Crippen molar-refractivity contribution in [3.63, 3.8) is 0 Å². The molecule has 1 atom stereocenters. The van der Waals surface area contributed by atoms with Crippen molar-refractivity contribution in [3.05, 3.63) is 0 Å². The van der Waals surface area contributed by atoms with E-state index in [-0.39, 0.29) is 17.5 Å². The molecule has 3 aliphatic rings. The van der Waals surface area contributed by atoms with Gasteiger partial charge in [0.1, 0.15) is 0 Å². The third-order valence-electron chi connectivity index (χ3n) is 7.83. The van der Waals surface area contributed by atoms with Crippen molar-refractivity contribution >= 4 is 30.4 Å². The van der Waals surface area contributed by atoms with Crippen molar-refractivity contribution in [1.82, 2.24) is 0 Å². The zero-order chi connectivity index (χ0) is 28.9. The first-order valence-electron chi connectivity index (χ1n) is 13.4. The van der Waals surface area contributed by atoms with Crippen LogP contribution in [0.15, 0.2) is 15.0 Å². The van der Waals surface area contributed by atoms with Crippen LogP contribution < -0.4 is 0 Å². The molecule has 0 amide bonds. The molecule has 10 heteroatoms. The quantitative estimate of drug-likeness (QED) is 0.322. The Morgan fingerprint density at radius 1 is 0.684 bits per heavy atom. The van der Waals surface area contributed by atoms with Crippen molar-refractivity contribution in [2.75, 3.05) is 6.54 Å². The van der Waals surface area contributed by atoms with Gasteiger partial charge in [0.2, 0.25) is 30.4 Å². The number of nitrogens with one attached hydrogen (secondary N) is 2. The molecular formula is C28H43N5O5. The Hall–Kier alpha value is -3.10. The number of isocyanates is 5. The predicted octanol–water partition coefficient (Wildman–Crippen LogP) is 5.90. The number of hydrogen-bond acceptors (Lipinski definition) is 10. The minimum atomic E-state index is 0.228. The second-order valence-corrected chi connectivity index (χ2v) is 11.6. The van der Waals surface area contributed by atoms with E-state index in [4.69, 9.17) is 20.4 Å². The molecule has 38 heavy (non-hydrogen) atoms. The van der Waals surface area contributed by atoms with E-state index < -0.39 is 0 Å². The Balaban J connectivity index is 0.000000624. The molecule has 0 radical (unpaired) electrons. The van der Waals surface area contributed by atoms with Crippen LogP contribution in [0.5, 0.6) is 0 Å². The molecule has 10 nitrogen and oxygen atoms in total. The summed E-state index contributed by atoms with van der Waals surface area (Å²) >= 11 is 0. The first kappa shape index (κ1) is 34.9. The van der Waals surface area contributed by atoms with Gasteiger partial charge in [-0.2, -0.15) is 0 Å². The Bertz CT molecular complexity index is 843. The van der Waals surface area contributed by atoms with Crippen molar-refractivity contribution in [1.29, 1.82) is 10.8 Å². The molecule has 0 aromatic rings. The molecule has 3 rings (SSSR count). The average Bonchev–Trinajstić information content (AvgIpc) is 2.86. The van der Waals surface area contributed by atoms with E-state index in [2.05, 4.69) is 35.7 Å². The fourth-order valence-electron chi connectivity index (χ4n) is 6.32. The summed E-state index contributed by atoms with van der Waals surface area (Å²) in [5.74, 6) is 1.60. The summed E-state index contributed by atoms with van der Waals surface area (Å²) in [7, 11) is 0. The van der Waals surface area contributed by atoms with E-state index in [0.29, 0.717) is 12.0 Å². The van der Waals surface area contributed by atoms with Gasteiger partial charge in [-0.25, -0.2) is 49.8 Å². The summed E-state index contributed by atoms with van der Waals surface area (Å²) in [5.41, 5.74) is 0.657. The lowest BCUT2D eigenvalue weighted by Crippen LogP contribution is -2.32. The lowest BCUT2D eigenvalue weighted by Gasteiger charge is -2.41. The molecular weight excluding hydrogens is 486 g/mol. The van der Waals surface area contributed by atoms with Crippen LogP contribution in [-0.4, -0.2) is 49.0 Å². The SMILES string of the molecule is CC1(C)CCCC(C)(CN=C=O)C1.N=C=O.N=C=O.O=C=NC1CCC(CC2CCC(N=C=O)CC2)CC1. The van der Waals surface area contributed by atoms with Crippen LogP contribution in [0.25, 0.3) is 0 Å². The van der Waals surface area contributed by atoms with Gasteiger partial charge >= 0.3 is 0 Å². The van der Waals surface area contributed by atoms with E-state index >= 15 is 0 Å². The number of nitrogens with zero attached hydrogens (tertiary/aromatic N) is 3. The molecule has 210 valence electrons. The molecule has 3 saturated carbocycles. The lowest BCUT2D eigenvalue weighted by atomic mass is 9.64. The first-order chi connectivity index (χ1) is 18.1. The fraction of sp³-hybridized carbons (Fsp3) is 0.821. The Kier molecular flexibility index (Phi) is 18.3. The van der Waals surface area contributed by atoms with E-state index in [1.807, 2.05) is 0 Å². The molecule has 2 N–H and O–H groups in total. The van der Waals surface area contributed by atoms with E-state index in [1.54, 1.807) is 18.2 Å². The van der Waals surface area contributed by atoms with Crippen LogP contribution >= 0.6 is 0 Å². The molecule has 0 aromatic carbocycles. The van der Waals surface area contributed by atoms with Crippen LogP contribution in [0.4, 0.5) is 0 Å². The normalized spacial score (nSPS) is 28.9. The third-order valence-corrected chi connectivity index (χ3v) is 7.83. The summed E-state index contributed by atoms with van der Waals surface area (Å²) < 4.78 is 0. The topological polar surface area (TPSA) is 170 Å². The Labute approximate surface area is 225 Å². The van der Waals surface area contributed by atoms with Gasteiger partial charge in [-0.05, 0) is 99.7 Å². The van der Waals surface area contributed by atoms with Gasteiger partial charge in [0.05, 0.1) is 18.6 Å². The highest BCUT2D eigenvalue weighted by molar-refractivity contribution is 5.34. The van der Waals surface area contributed by atoms with Crippen LogP contribution in [0.2, 0.25) is 0 Å². The van der Waals surface area contributed by atoms with Gasteiger partial charge in [-0.3, -0.25) is 0 Å². The molecule has 3 aliphatic carbocycles. The lowest BCUT2D eigenvalue weighted by molar-refractivity contribution is 0.107. The Morgan fingerprint density at radius 3 is 1.45 bits per heavy atom. The van der Waals surface area contributed by atoms with E-state index in [9.17, 15) is 14.4 Å². The summed E-state index contributed by atoms with van der Waals surface area (Å²) in [6.45, 7) is 7.48. The Morgan fingerprint density at radius 2 is 1.11 bits per heavy atom. The van der Waals surface area contributed by atoms with Crippen LogP contribution in [-0.2, 0) is 24.0 Å². The van der Waals surface area contributed by atoms with Gasteiger partial charge in [-0.15, -0.1) is 0 Å². The highest BCUT2D eigenvalue weighted by Gasteiger charge is 2.36. The van der Waals surface area contributed by atoms with Crippen molar-refractivity contribution in [2.24, 2.45) is 37.6 Å². The number of aliphatic imine (C=N–C) groups is 3. The maximum absolute atomic E-state index is 10.2. The second kappa shape index (κ2) is 19.9. The minimum Gasteiger partial charge on any atom is -0.222 e. The second-order valence-electron chi connectivity index (χ2n) is 11.6. The highest BCUT2D eigenvalue weighted by Crippen LogP contribution is 2.46. The maximum Gasteiger partial charge on any atom is 0.235 e. The number of rotatable bonds is 6. The van der Waals surface area contributed by atoms with Crippen LogP contribution in [0, 0.1) is 33.5 Å². The molecule has 0 bridgehead atoms. The monoisotopic (exact) mass is 529 g/mol. The van der Waals surface area contributed by atoms with Crippen molar-refractivity contribution in [2.45, 2.75) is 116 Å². The molecule has 0 aliphatic heterocycles. The number of carbonyl (C=O) groups excluding carboxylic acids is 5. The van der Waals surface area contributed by atoms with Gasteiger partial charge in [-0.1, -0.05) is 27.2 Å². The van der Waals surface area contributed by atoms with Gasteiger partial charge in [0, 0.05) is 0 Å². The summed E-state index contributed by atoms with van der Waals surface area (Å²) in [6, 6.07) is 0.456. The number of hydrogen-bond donors (Lipinski definition) is 2. The zero-order valence-corrected chi connectivity index (χ0v) is 23.1. The summed E-state index contributed by atoms with van der Waals surface area (Å²) in [6.07, 6.45) is 21.7. The van der Waals surface area contributed by atoms with Crippen molar-refractivity contribution in [3.8, 4) is 0 Å². The predicted molar refractivity (Wildman–Crippen MR) is 143 cm³/mol. The largest absolute Gasteiger partial charge is 0.235 e. The van der Waals surface area contributed by atoms with Gasteiger partial charge < -0.3 is 0 Å². The fourth-order valence-corrected chi connectivity index (χ4v) is 6.32.